The number of urea groups is 1. The van der Waals surface area contributed by atoms with Crippen molar-refractivity contribution in [3.8, 4) is 0 Å². The molecule has 0 saturated carbocycles. The predicted molar refractivity (Wildman–Crippen MR) is 55.7 cm³/mol. The van der Waals surface area contributed by atoms with Gasteiger partial charge in [0.25, 0.3) is 0 Å². The predicted octanol–water partition coefficient (Wildman–Crippen LogP) is 1.94. The quantitative estimate of drug-likeness (QED) is 0.702. The number of carbonyl (C=O) groups excluding carboxylic acids is 1. The van der Waals surface area contributed by atoms with Crippen molar-refractivity contribution in [2.75, 3.05) is 20.1 Å². The summed E-state index contributed by atoms with van der Waals surface area (Å²) >= 11 is 0. The van der Waals surface area contributed by atoms with E-state index in [4.69, 9.17) is 0 Å². The molecule has 1 atom stereocenters. The number of hydrogen-bond donors (Lipinski definition) is 1. The SMILES string of the molecule is CNC(=O)N1CCC(CC(C)C)C1.[HH]. The summed E-state index contributed by atoms with van der Waals surface area (Å²) < 4.78 is 0. The summed E-state index contributed by atoms with van der Waals surface area (Å²) in [7, 11) is 1.69. The highest BCUT2D eigenvalue weighted by molar-refractivity contribution is 5.74. The van der Waals surface area contributed by atoms with E-state index in [0.717, 1.165) is 24.9 Å². The fourth-order valence-electron chi connectivity index (χ4n) is 2.03. The fraction of sp³-hybridized carbons (Fsp3) is 0.900. The van der Waals surface area contributed by atoms with Crippen LogP contribution in [-0.4, -0.2) is 31.1 Å². The molecule has 3 heteroatoms. The number of amides is 2. The maximum Gasteiger partial charge on any atom is 0.317 e. The molecule has 1 aliphatic heterocycles. The maximum atomic E-state index is 11.3. The summed E-state index contributed by atoms with van der Waals surface area (Å²) in [5, 5.41) is 2.67. The highest BCUT2D eigenvalue weighted by Gasteiger charge is 2.25. The summed E-state index contributed by atoms with van der Waals surface area (Å²) in [4.78, 5) is 13.2. The number of likely N-dealkylation sites (tertiary alicyclic amines) is 1. The van der Waals surface area contributed by atoms with Crippen molar-refractivity contribution in [3.63, 3.8) is 0 Å². The Hall–Kier alpha value is -0.730. The van der Waals surface area contributed by atoms with Gasteiger partial charge >= 0.3 is 6.03 Å². The van der Waals surface area contributed by atoms with Crippen LogP contribution >= 0.6 is 0 Å². The van der Waals surface area contributed by atoms with Crippen LogP contribution in [0.25, 0.3) is 0 Å². The van der Waals surface area contributed by atoms with Crippen LogP contribution in [0.1, 0.15) is 28.1 Å². The number of hydrogen-bond acceptors (Lipinski definition) is 1. The molecule has 0 aromatic rings. The van der Waals surface area contributed by atoms with Crippen LogP contribution < -0.4 is 5.32 Å². The molecule has 3 nitrogen and oxygen atoms in total. The van der Waals surface area contributed by atoms with Gasteiger partial charge < -0.3 is 10.2 Å². The van der Waals surface area contributed by atoms with Crippen LogP contribution in [0.3, 0.4) is 0 Å². The van der Waals surface area contributed by atoms with Crippen LogP contribution in [0.5, 0.6) is 0 Å². The summed E-state index contributed by atoms with van der Waals surface area (Å²) in [5.74, 6) is 1.46. The molecular weight excluding hydrogens is 164 g/mol. The minimum atomic E-state index is 0. The first kappa shape index (κ1) is 10.4. The number of carbonyl (C=O) groups is 1. The zero-order valence-electron chi connectivity index (χ0n) is 8.84. The highest BCUT2D eigenvalue weighted by atomic mass is 16.2. The van der Waals surface area contributed by atoms with E-state index in [1.165, 1.54) is 12.8 Å². The lowest BCUT2D eigenvalue weighted by molar-refractivity contribution is 0.208. The van der Waals surface area contributed by atoms with Crippen LogP contribution in [0.4, 0.5) is 4.79 Å². The van der Waals surface area contributed by atoms with Crippen molar-refractivity contribution in [2.24, 2.45) is 11.8 Å². The Labute approximate surface area is 82.0 Å². The molecule has 13 heavy (non-hydrogen) atoms. The van der Waals surface area contributed by atoms with E-state index in [1.807, 2.05) is 4.90 Å². The monoisotopic (exact) mass is 186 g/mol. The molecule has 1 aliphatic rings. The fourth-order valence-corrected chi connectivity index (χ4v) is 2.03. The molecule has 0 spiro atoms. The van der Waals surface area contributed by atoms with Crippen LogP contribution in [-0.2, 0) is 0 Å². The molecular formula is C10H22N2O. The lowest BCUT2D eigenvalue weighted by atomic mass is 9.97. The molecule has 0 aromatic carbocycles. The van der Waals surface area contributed by atoms with Crippen molar-refractivity contribution in [1.82, 2.24) is 10.2 Å². The van der Waals surface area contributed by atoms with E-state index >= 15 is 0 Å². The molecule has 1 fully saturated rings. The Morgan fingerprint density at radius 1 is 1.69 bits per heavy atom. The lowest BCUT2D eigenvalue weighted by Gasteiger charge is -2.16. The second-order valence-electron chi connectivity index (χ2n) is 4.29. The van der Waals surface area contributed by atoms with Crippen molar-refractivity contribution in [2.45, 2.75) is 26.7 Å². The average molecular weight is 186 g/mol. The molecule has 2 amide bonds. The Morgan fingerprint density at radius 2 is 2.38 bits per heavy atom. The second kappa shape index (κ2) is 4.49. The van der Waals surface area contributed by atoms with Gasteiger partial charge in [0.1, 0.15) is 0 Å². The molecule has 0 aromatic heterocycles. The molecule has 1 N–H and O–H groups in total. The summed E-state index contributed by atoms with van der Waals surface area (Å²) in [5.41, 5.74) is 0. The second-order valence-corrected chi connectivity index (χ2v) is 4.29. The standard InChI is InChI=1S/C10H20N2O.H2/c1-8(2)6-9-4-5-12(7-9)10(13)11-3;/h8-9H,4-7H2,1-3H3,(H,11,13);1H. The first-order valence-electron chi connectivity index (χ1n) is 5.10. The minimum Gasteiger partial charge on any atom is -0.341 e. The van der Waals surface area contributed by atoms with Gasteiger partial charge in [-0.05, 0) is 24.7 Å². The lowest BCUT2D eigenvalue weighted by Crippen LogP contribution is -2.36. The zero-order valence-corrected chi connectivity index (χ0v) is 8.84. The van der Waals surface area contributed by atoms with Gasteiger partial charge in [-0.25, -0.2) is 4.79 Å². The van der Waals surface area contributed by atoms with Crippen molar-refractivity contribution in [1.29, 1.82) is 0 Å². The average Bonchev–Trinajstić information content (AvgIpc) is 2.50. The van der Waals surface area contributed by atoms with Gasteiger partial charge in [-0.15, -0.1) is 0 Å². The molecule has 0 radical (unpaired) electrons. The molecule has 1 rings (SSSR count). The number of nitrogens with zero attached hydrogens (tertiary/aromatic N) is 1. The first-order chi connectivity index (χ1) is 6.13. The highest BCUT2D eigenvalue weighted by Crippen LogP contribution is 2.22. The van der Waals surface area contributed by atoms with Crippen molar-refractivity contribution in [3.05, 3.63) is 0 Å². The zero-order chi connectivity index (χ0) is 9.84. The Morgan fingerprint density at radius 3 is 2.92 bits per heavy atom. The van der Waals surface area contributed by atoms with Gasteiger partial charge in [-0.2, -0.15) is 0 Å². The van der Waals surface area contributed by atoms with Gasteiger partial charge in [-0.3, -0.25) is 0 Å². The first-order valence-corrected chi connectivity index (χ1v) is 5.10. The third-order valence-electron chi connectivity index (χ3n) is 2.59. The third kappa shape index (κ3) is 2.90. The Balaban J connectivity index is 0.00000169. The van der Waals surface area contributed by atoms with Crippen LogP contribution in [0, 0.1) is 11.8 Å². The Bertz CT molecular complexity index is 185. The van der Waals surface area contributed by atoms with Crippen LogP contribution in [0.15, 0.2) is 0 Å². The molecule has 1 unspecified atom stereocenters. The molecule has 1 heterocycles. The normalized spacial score (nSPS) is 22.5. The van der Waals surface area contributed by atoms with E-state index < -0.39 is 0 Å². The van der Waals surface area contributed by atoms with Gasteiger partial charge in [0.05, 0.1) is 0 Å². The van der Waals surface area contributed by atoms with Gasteiger partial charge in [-0.1, -0.05) is 13.8 Å². The van der Waals surface area contributed by atoms with Gasteiger partial charge in [0, 0.05) is 21.6 Å². The number of rotatable bonds is 2. The minimum absolute atomic E-state index is 0. The third-order valence-corrected chi connectivity index (χ3v) is 2.59. The van der Waals surface area contributed by atoms with Gasteiger partial charge in [0.15, 0.2) is 0 Å². The van der Waals surface area contributed by atoms with E-state index in [2.05, 4.69) is 19.2 Å². The maximum absolute atomic E-state index is 11.3. The molecule has 0 aliphatic carbocycles. The summed E-state index contributed by atoms with van der Waals surface area (Å²) in [6, 6.07) is 0.0752. The smallest absolute Gasteiger partial charge is 0.317 e. The molecule has 78 valence electrons. The Kier molecular flexibility index (Phi) is 3.58. The molecule has 0 bridgehead atoms. The molecule has 1 saturated heterocycles. The van der Waals surface area contributed by atoms with E-state index in [0.29, 0.717) is 0 Å². The van der Waals surface area contributed by atoms with Gasteiger partial charge in [0.2, 0.25) is 0 Å². The summed E-state index contributed by atoms with van der Waals surface area (Å²) in [6.45, 7) is 6.35. The number of nitrogens with one attached hydrogen (secondary N) is 1. The topological polar surface area (TPSA) is 32.3 Å². The van der Waals surface area contributed by atoms with Crippen LogP contribution in [0.2, 0.25) is 0 Å². The van der Waals surface area contributed by atoms with E-state index in [1.54, 1.807) is 7.05 Å². The van der Waals surface area contributed by atoms with E-state index in [-0.39, 0.29) is 7.46 Å². The van der Waals surface area contributed by atoms with Crippen molar-refractivity contribution < 1.29 is 6.22 Å². The summed E-state index contributed by atoms with van der Waals surface area (Å²) in [6.07, 6.45) is 2.42. The van der Waals surface area contributed by atoms with Crippen molar-refractivity contribution >= 4 is 6.03 Å². The van der Waals surface area contributed by atoms with E-state index in [9.17, 15) is 4.79 Å². The largest absolute Gasteiger partial charge is 0.341 e.